The lowest BCUT2D eigenvalue weighted by atomic mass is 10.00. The number of nitrogens with zero attached hydrogens (tertiary/aromatic N) is 3. The Morgan fingerprint density at radius 1 is 1.23 bits per heavy atom. The molecular formula is C24H40N4O2. The molecule has 0 amide bonds. The number of likely N-dealkylation sites (N-methyl/N-ethyl adjacent to an activating group) is 1. The van der Waals surface area contributed by atoms with Crippen LogP contribution in [0.2, 0.25) is 0 Å². The molecular weight excluding hydrogens is 376 g/mol. The second-order valence-corrected chi connectivity index (χ2v) is 8.66. The molecule has 6 nitrogen and oxygen atoms in total. The van der Waals surface area contributed by atoms with Gasteiger partial charge in [-0.2, -0.15) is 0 Å². The van der Waals surface area contributed by atoms with Crippen LogP contribution >= 0.6 is 0 Å². The maximum atomic E-state index is 6.04. The molecule has 1 aromatic carbocycles. The van der Waals surface area contributed by atoms with E-state index in [9.17, 15) is 0 Å². The zero-order valence-corrected chi connectivity index (χ0v) is 19.1. The summed E-state index contributed by atoms with van der Waals surface area (Å²) >= 11 is 0. The Bertz CT molecular complexity index is 652. The summed E-state index contributed by atoms with van der Waals surface area (Å²) in [4.78, 5) is 9.70. The van der Waals surface area contributed by atoms with Crippen molar-refractivity contribution >= 4 is 5.96 Å². The Balaban J connectivity index is 1.49. The molecule has 2 fully saturated rings. The predicted molar refractivity (Wildman–Crippen MR) is 123 cm³/mol. The van der Waals surface area contributed by atoms with Gasteiger partial charge in [0.2, 0.25) is 0 Å². The van der Waals surface area contributed by atoms with Gasteiger partial charge in [0.1, 0.15) is 12.4 Å². The van der Waals surface area contributed by atoms with Crippen molar-refractivity contribution in [3.05, 3.63) is 29.8 Å². The van der Waals surface area contributed by atoms with Crippen molar-refractivity contribution in [1.82, 2.24) is 15.1 Å². The normalized spacial score (nSPS) is 19.3. The number of hydrogen-bond acceptors (Lipinski definition) is 4. The van der Waals surface area contributed by atoms with Gasteiger partial charge in [-0.05, 0) is 63.3 Å². The Kier molecular flexibility index (Phi) is 9.27. The first-order valence-corrected chi connectivity index (χ1v) is 11.7. The lowest BCUT2D eigenvalue weighted by Gasteiger charge is -2.33. The van der Waals surface area contributed by atoms with Crippen molar-refractivity contribution in [2.75, 3.05) is 53.0 Å². The zero-order chi connectivity index (χ0) is 21.2. The molecule has 1 N–H and O–H groups in total. The maximum Gasteiger partial charge on any atom is 0.194 e. The molecule has 3 rings (SSSR count). The van der Waals surface area contributed by atoms with Crippen LogP contribution in [-0.2, 0) is 11.3 Å². The van der Waals surface area contributed by atoms with Crippen LogP contribution < -0.4 is 10.1 Å². The van der Waals surface area contributed by atoms with Gasteiger partial charge in [-0.25, -0.2) is 4.99 Å². The largest absolute Gasteiger partial charge is 0.492 e. The highest BCUT2D eigenvalue weighted by Gasteiger charge is 2.19. The summed E-state index contributed by atoms with van der Waals surface area (Å²) in [6.07, 6.45) is 4.73. The fourth-order valence-electron chi connectivity index (χ4n) is 4.16. The molecule has 0 radical (unpaired) electrons. The summed E-state index contributed by atoms with van der Waals surface area (Å²) < 4.78 is 11.5. The molecule has 0 saturated carbocycles. The van der Waals surface area contributed by atoms with Gasteiger partial charge in [0.15, 0.2) is 5.96 Å². The summed E-state index contributed by atoms with van der Waals surface area (Å²) in [7, 11) is 2.19. The Labute approximate surface area is 182 Å². The molecule has 30 heavy (non-hydrogen) atoms. The molecule has 2 saturated heterocycles. The van der Waals surface area contributed by atoms with Crippen LogP contribution in [0.1, 0.15) is 45.1 Å². The van der Waals surface area contributed by atoms with Crippen molar-refractivity contribution in [3.8, 4) is 5.75 Å². The molecule has 0 unspecified atom stereocenters. The highest BCUT2D eigenvalue weighted by atomic mass is 16.5. The van der Waals surface area contributed by atoms with Gasteiger partial charge in [0, 0.05) is 45.4 Å². The minimum Gasteiger partial charge on any atom is -0.492 e. The lowest BCUT2D eigenvalue weighted by molar-refractivity contribution is 0.0392. The van der Waals surface area contributed by atoms with E-state index in [1.807, 2.05) is 6.07 Å². The van der Waals surface area contributed by atoms with Crippen molar-refractivity contribution < 1.29 is 9.47 Å². The van der Waals surface area contributed by atoms with Crippen molar-refractivity contribution in [2.45, 2.75) is 52.1 Å². The van der Waals surface area contributed by atoms with Crippen LogP contribution in [0.25, 0.3) is 0 Å². The number of aliphatic imine (C=N–C) groups is 1. The zero-order valence-electron chi connectivity index (χ0n) is 19.1. The second kappa shape index (κ2) is 12.2. The van der Waals surface area contributed by atoms with E-state index in [1.54, 1.807) is 0 Å². The number of guanidine groups is 1. The van der Waals surface area contributed by atoms with Crippen LogP contribution in [0, 0.1) is 5.92 Å². The number of nitrogens with one attached hydrogen (secondary N) is 1. The van der Waals surface area contributed by atoms with E-state index in [4.69, 9.17) is 14.5 Å². The van der Waals surface area contributed by atoms with Crippen LogP contribution in [0.3, 0.4) is 0 Å². The summed E-state index contributed by atoms with van der Waals surface area (Å²) in [6, 6.07) is 8.98. The van der Waals surface area contributed by atoms with Crippen LogP contribution in [0.5, 0.6) is 5.75 Å². The van der Waals surface area contributed by atoms with Gasteiger partial charge in [-0.15, -0.1) is 0 Å². The lowest BCUT2D eigenvalue weighted by Crippen LogP contribution is -2.45. The smallest absolute Gasteiger partial charge is 0.194 e. The highest BCUT2D eigenvalue weighted by molar-refractivity contribution is 5.80. The van der Waals surface area contributed by atoms with E-state index >= 15 is 0 Å². The number of benzene rings is 1. The number of ether oxygens (including phenoxy) is 2. The van der Waals surface area contributed by atoms with Crippen LogP contribution in [-0.4, -0.2) is 74.8 Å². The standard InChI is InChI=1S/C24H40N4O2/c1-4-25-24(28-12-8-20(2)9-13-28)26-19-21-6-5-7-23(18-21)30-17-14-27(3)22-10-15-29-16-11-22/h5-7,18,20,22H,4,8-17,19H2,1-3H3,(H,25,26). The van der Waals surface area contributed by atoms with Crippen molar-refractivity contribution in [2.24, 2.45) is 10.9 Å². The Hall–Kier alpha value is -1.79. The van der Waals surface area contributed by atoms with E-state index in [0.29, 0.717) is 19.2 Å². The van der Waals surface area contributed by atoms with Gasteiger partial charge < -0.3 is 19.7 Å². The summed E-state index contributed by atoms with van der Waals surface area (Å²) in [5.41, 5.74) is 1.19. The monoisotopic (exact) mass is 416 g/mol. The highest BCUT2D eigenvalue weighted by Crippen LogP contribution is 2.18. The Morgan fingerprint density at radius 3 is 2.73 bits per heavy atom. The van der Waals surface area contributed by atoms with E-state index in [0.717, 1.165) is 69.9 Å². The minimum absolute atomic E-state index is 0.616. The van der Waals surface area contributed by atoms with Gasteiger partial charge in [-0.1, -0.05) is 19.1 Å². The third kappa shape index (κ3) is 7.17. The summed E-state index contributed by atoms with van der Waals surface area (Å²) in [5.74, 6) is 2.79. The molecule has 1 aromatic rings. The minimum atomic E-state index is 0.616. The summed E-state index contributed by atoms with van der Waals surface area (Å²) in [5, 5.41) is 3.46. The molecule has 0 aromatic heterocycles. The van der Waals surface area contributed by atoms with E-state index in [-0.39, 0.29) is 0 Å². The van der Waals surface area contributed by atoms with Crippen molar-refractivity contribution in [3.63, 3.8) is 0 Å². The molecule has 6 heteroatoms. The first kappa shape index (κ1) is 22.9. The number of piperidine rings is 1. The summed E-state index contributed by atoms with van der Waals surface area (Å²) in [6.45, 7) is 11.6. The van der Waals surface area contributed by atoms with E-state index in [2.05, 4.69) is 54.2 Å². The molecule has 2 aliphatic rings. The Morgan fingerprint density at radius 2 is 2.00 bits per heavy atom. The maximum absolute atomic E-state index is 6.04. The van der Waals surface area contributed by atoms with E-state index < -0.39 is 0 Å². The first-order chi connectivity index (χ1) is 14.7. The van der Waals surface area contributed by atoms with Gasteiger partial charge >= 0.3 is 0 Å². The van der Waals surface area contributed by atoms with Crippen LogP contribution in [0.15, 0.2) is 29.3 Å². The molecule has 0 spiro atoms. The third-order valence-electron chi connectivity index (χ3n) is 6.25. The molecule has 0 atom stereocenters. The fourth-order valence-corrected chi connectivity index (χ4v) is 4.16. The fraction of sp³-hybridized carbons (Fsp3) is 0.708. The molecule has 168 valence electrons. The SMILES string of the molecule is CCNC(=NCc1cccc(OCCN(C)C2CCOCC2)c1)N1CCC(C)CC1. The van der Waals surface area contributed by atoms with Gasteiger partial charge in [0.25, 0.3) is 0 Å². The molecule has 0 aliphatic carbocycles. The number of likely N-dealkylation sites (tertiary alicyclic amines) is 1. The quantitative estimate of drug-likeness (QED) is 0.520. The first-order valence-electron chi connectivity index (χ1n) is 11.7. The molecule has 2 aliphatic heterocycles. The van der Waals surface area contributed by atoms with Gasteiger partial charge in [-0.3, -0.25) is 4.90 Å². The number of rotatable bonds is 8. The average Bonchev–Trinajstić information content (AvgIpc) is 2.78. The molecule has 0 bridgehead atoms. The topological polar surface area (TPSA) is 49.3 Å². The average molecular weight is 417 g/mol. The predicted octanol–water partition coefficient (Wildman–Crippen LogP) is 3.37. The number of hydrogen-bond donors (Lipinski definition) is 1. The molecule has 2 heterocycles. The third-order valence-corrected chi connectivity index (χ3v) is 6.25. The van der Waals surface area contributed by atoms with Crippen LogP contribution in [0.4, 0.5) is 0 Å². The van der Waals surface area contributed by atoms with Crippen molar-refractivity contribution in [1.29, 1.82) is 0 Å². The van der Waals surface area contributed by atoms with E-state index in [1.165, 1.54) is 18.4 Å². The second-order valence-electron chi connectivity index (χ2n) is 8.66. The van der Waals surface area contributed by atoms with Gasteiger partial charge in [0.05, 0.1) is 6.54 Å².